The molecule has 1 fully saturated rings. The van der Waals surface area contributed by atoms with Crippen LogP contribution in [-0.2, 0) is 4.74 Å². The molecule has 0 bridgehead atoms. The number of phenols is 1. The number of phenolic OH excluding ortho intramolecular Hbond substituents is 1. The Morgan fingerprint density at radius 3 is 2.82 bits per heavy atom. The minimum Gasteiger partial charge on any atom is -0.508 e. The molecule has 1 aromatic rings. The van der Waals surface area contributed by atoms with Crippen LogP contribution in [0.25, 0.3) is 0 Å². The monoisotopic (exact) mass is 299 g/mol. The molecule has 1 atom stereocenters. The highest BCUT2D eigenvalue weighted by Crippen LogP contribution is 2.35. The van der Waals surface area contributed by atoms with Crippen LogP contribution < -0.4 is 5.32 Å². The van der Waals surface area contributed by atoms with E-state index in [1.807, 2.05) is 12.1 Å². The summed E-state index contributed by atoms with van der Waals surface area (Å²) in [6.07, 6.45) is -0.0544. The Bertz CT molecular complexity index is 401. The summed E-state index contributed by atoms with van der Waals surface area (Å²) in [5, 5.41) is 13.4. The first kappa shape index (κ1) is 12.9. The van der Waals surface area contributed by atoms with E-state index in [0.29, 0.717) is 18.3 Å². The van der Waals surface area contributed by atoms with Gasteiger partial charge in [0.25, 0.3) is 0 Å². The number of halogens is 1. The van der Waals surface area contributed by atoms with E-state index in [1.165, 1.54) is 0 Å². The van der Waals surface area contributed by atoms with Gasteiger partial charge >= 0.3 is 0 Å². The average molecular weight is 300 g/mol. The van der Waals surface area contributed by atoms with Crippen LogP contribution in [0.3, 0.4) is 0 Å². The van der Waals surface area contributed by atoms with Crippen molar-refractivity contribution in [3.63, 3.8) is 0 Å². The second-order valence-corrected chi connectivity index (χ2v) is 5.51. The van der Waals surface area contributed by atoms with Crippen LogP contribution in [0.1, 0.15) is 37.0 Å². The van der Waals surface area contributed by atoms with Crippen molar-refractivity contribution in [2.24, 2.45) is 0 Å². The number of hydrogen-bond donors (Lipinski definition) is 2. The van der Waals surface area contributed by atoms with E-state index in [1.54, 1.807) is 0 Å². The zero-order chi connectivity index (χ0) is 12.4. The normalized spacial score (nSPS) is 20.8. The Hall–Kier alpha value is -0.580. The molecule has 1 aliphatic heterocycles. The fraction of sp³-hybridized carbons (Fsp3) is 0.538. The largest absolute Gasteiger partial charge is 0.508 e. The van der Waals surface area contributed by atoms with E-state index in [2.05, 4.69) is 35.1 Å². The number of morpholine rings is 1. The van der Waals surface area contributed by atoms with Crippen molar-refractivity contribution in [3.05, 3.63) is 27.7 Å². The lowest BCUT2D eigenvalue weighted by Gasteiger charge is -2.25. The Morgan fingerprint density at radius 1 is 1.47 bits per heavy atom. The minimum absolute atomic E-state index is 0.0544. The second kappa shape index (κ2) is 5.38. The Kier molecular flexibility index (Phi) is 4.07. The highest BCUT2D eigenvalue weighted by molar-refractivity contribution is 9.10. The first-order chi connectivity index (χ1) is 8.09. The molecule has 0 amide bonds. The SMILES string of the molecule is CC(C)c1cc(O)c(C2CNCCO2)cc1Br. The molecule has 3 nitrogen and oxygen atoms in total. The molecule has 1 aliphatic rings. The fourth-order valence-corrected chi connectivity index (χ4v) is 2.88. The molecule has 94 valence electrons. The molecular formula is C13H18BrNO2. The maximum atomic E-state index is 10.1. The number of hydrogen-bond acceptors (Lipinski definition) is 3. The van der Waals surface area contributed by atoms with Crippen LogP contribution in [0, 0.1) is 0 Å². The van der Waals surface area contributed by atoms with Gasteiger partial charge in [0.1, 0.15) is 5.75 Å². The van der Waals surface area contributed by atoms with Gasteiger partial charge in [-0.15, -0.1) is 0 Å². The zero-order valence-electron chi connectivity index (χ0n) is 10.2. The Morgan fingerprint density at radius 2 is 2.24 bits per heavy atom. The van der Waals surface area contributed by atoms with Crippen LogP contribution in [0.5, 0.6) is 5.75 Å². The summed E-state index contributed by atoms with van der Waals surface area (Å²) >= 11 is 3.56. The molecule has 2 N–H and O–H groups in total. The van der Waals surface area contributed by atoms with E-state index >= 15 is 0 Å². The van der Waals surface area contributed by atoms with Crippen molar-refractivity contribution in [1.82, 2.24) is 5.32 Å². The van der Waals surface area contributed by atoms with Crippen LogP contribution in [0.4, 0.5) is 0 Å². The molecule has 0 aliphatic carbocycles. The summed E-state index contributed by atoms with van der Waals surface area (Å²) in [5.74, 6) is 0.709. The van der Waals surface area contributed by atoms with Crippen molar-refractivity contribution in [2.45, 2.75) is 25.9 Å². The van der Waals surface area contributed by atoms with Gasteiger partial charge in [0, 0.05) is 23.1 Å². The van der Waals surface area contributed by atoms with Gasteiger partial charge in [0.15, 0.2) is 0 Å². The van der Waals surface area contributed by atoms with Crippen LogP contribution in [0.15, 0.2) is 16.6 Å². The highest BCUT2D eigenvalue weighted by atomic mass is 79.9. The molecule has 1 saturated heterocycles. The first-order valence-corrected chi connectivity index (χ1v) is 6.73. The maximum absolute atomic E-state index is 10.1. The summed E-state index contributed by atoms with van der Waals surface area (Å²) in [7, 11) is 0. The molecule has 0 radical (unpaired) electrons. The average Bonchev–Trinajstić information content (AvgIpc) is 2.32. The van der Waals surface area contributed by atoms with E-state index in [-0.39, 0.29) is 6.10 Å². The first-order valence-electron chi connectivity index (χ1n) is 5.94. The van der Waals surface area contributed by atoms with Crippen LogP contribution in [0.2, 0.25) is 0 Å². The summed E-state index contributed by atoms with van der Waals surface area (Å²) in [6.45, 7) is 6.53. The van der Waals surface area contributed by atoms with Crippen molar-refractivity contribution < 1.29 is 9.84 Å². The van der Waals surface area contributed by atoms with Crippen molar-refractivity contribution in [2.75, 3.05) is 19.7 Å². The van der Waals surface area contributed by atoms with Gasteiger partial charge in [0.2, 0.25) is 0 Å². The fourth-order valence-electron chi connectivity index (χ4n) is 2.06. The third-order valence-corrected chi connectivity index (χ3v) is 3.73. The molecule has 1 heterocycles. The molecule has 1 aromatic carbocycles. The molecule has 0 spiro atoms. The van der Waals surface area contributed by atoms with E-state index < -0.39 is 0 Å². The highest BCUT2D eigenvalue weighted by Gasteiger charge is 2.21. The van der Waals surface area contributed by atoms with Gasteiger partial charge in [-0.05, 0) is 23.6 Å². The summed E-state index contributed by atoms with van der Waals surface area (Å²) < 4.78 is 6.69. The molecular weight excluding hydrogens is 282 g/mol. The molecule has 0 aromatic heterocycles. The number of aromatic hydroxyl groups is 1. The quantitative estimate of drug-likeness (QED) is 0.882. The standard InChI is InChI=1S/C13H18BrNO2/c1-8(2)9-6-12(16)10(5-11(9)14)13-7-15-3-4-17-13/h5-6,8,13,15-16H,3-4,7H2,1-2H3. The predicted octanol–water partition coefficient (Wildman–Crippen LogP) is 2.94. The van der Waals surface area contributed by atoms with Crippen molar-refractivity contribution in [1.29, 1.82) is 0 Å². The number of rotatable bonds is 2. The molecule has 0 saturated carbocycles. The van der Waals surface area contributed by atoms with Gasteiger partial charge in [-0.1, -0.05) is 29.8 Å². The number of nitrogens with one attached hydrogen (secondary N) is 1. The number of ether oxygens (including phenoxy) is 1. The Balaban J connectivity index is 2.32. The van der Waals surface area contributed by atoms with Gasteiger partial charge in [-0.25, -0.2) is 0 Å². The molecule has 2 rings (SSSR count). The summed E-state index contributed by atoms with van der Waals surface area (Å²) in [4.78, 5) is 0. The predicted molar refractivity (Wildman–Crippen MR) is 71.5 cm³/mol. The van der Waals surface area contributed by atoms with Gasteiger partial charge in [0.05, 0.1) is 12.7 Å². The molecule has 17 heavy (non-hydrogen) atoms. The minimum atomic E-state index is -0.0544. The van der Waals surface area contributed by atoms with Crippen LogP contribution in [-0.4, -0.2) is 24.8 Å². The van der Waals surface area contributed by atoms with E-state index in [4.69, 9.17) is 4.74 Å². The lowest BCUT2D eigenvalue weighted by molar-refractivity contribution is 0.0262. The Labute approximate surface area is 110 Å². The van der Waals surface area contributed by atoms with Crippen molar-refractivity contribution in [3.8, 4) is 5.75 Å². The van der Waals surface area contributed by atoms with Gasteiger partial charge in [-0.3, -0.25) is 0 Å². The maximum Gasteiger partial charge on any atom is 0.121 e. The van der Waals surface area contributed by atoms with E-state index in [9.17, 15) is 5.11 Å². The third-order valence-electron chi connectivity index (χ3n) is 3.04. The van der Waals surface area contributed by atoms with Gasteiger partial charge < -0.3 is 15.2 Å². The van der Waals surface area contributed by atoms with Gasteiger partial charge in [-0.2, -0.15) is 0 Å². The third kappa shape index (κ3) is 2.81. The number of benzene rings is 1. The topological polar surface area (TPSA) is 41.5 Å². The molecule has 4 heteroatoms. The van der Waals surface area contributed by atoms with Crippen molar-refractivity contribution >= 4 is 15.9 Å². The lowest BCUT2D eigenvalue weighted by Crippen LogP contribution is -2.33. The van der Waals surface area contributed by atoms with E-state index in [0.717, 1.165) is 28.7 Å². The zero-order valence-corrected chi connectivity index (χ0v) is 11.8. The lowest BCUT2D eigenvalue weighted by atomic mass is 9.98. The second-order valence-electron chi connectivity index (χ2n) is 4.65. The summed E-state index contributed by atoms with van der Waals surface area (Å²) in [6, 6.07) is 3.81. The summed E-state index contributed by atoms with van der Waals surface area (Å²) in [5.41, 5.74) is 1.98. The van der Waals surface area contributed by atoms with Crippen LogP contribution >= 0.6 is 15.9 Å². The smallest absolute Gasteiger partial charge is 0.121 e. The molecule has 1 unspecified atom stereocenters.